The van der Waals surface area contributed by atoms with Crippen molar-refractivity contribution in [3.8, 4) is 22.3 Å². The maximum atomic E-state index is 13.0. The van der Waals surface area contributed by atoms with Gasteiger partial charge in [0.2, 0.25) is 5.16 Å². The quantitative estimate of drug-likeness (QED) is 0.0476. The summed E-state index contributed by atoms with van der Waals surface area (Å²) in [5, 5.41) is -3.79. The van der Waals surface area contributed by atoms with Gasteiger partial charge in [0.25, 0.3) is 55.7 Å². The summed E-state index contributed by atoms with van der Waals surface area (Å²) >= 11 is 0. The van der Waals surface area contributed by atoms with E-state index in [0.29, 0.717) is 12.1 Å². The van der Waals surface area contributed by atoms with Crippen molar-refractivity contribution >= 4 is 103 Å². The molecule has 8 N–H and O–H groups in total. The number of benzene rings is 3. The fraction of sp³-hybridized carbons (Fsp3) is 0. The van der Waals surface area contributed by atoms with Crippen LogP contribution in [0.25, 0.3) is 44.3 Å². The molecule has 38 heteroatoms. The summed E-state index contributed by atoms with van der Waals surface area (Å²) in [4.78, 5) is -5.51. The van der Waals surface area contributed by atoms with E-state index in [-0.39, 0.29) is 59.1 Å². The van der Waals surface area contributed by atoms with Crippen LogP contribution < -0.4 is 59.1 Å². The zero-order chi connectivity index (χ0) is 42.9. The van der Waals surface area contributed by atoms with Crippen molar-refractivity contribution in [2.24, 2.45) is 0 Å². The van der Waals surface area contributed by atoms with Crippen LogP contribution in [0.4, 0.5) is 0 Å². The fourth-order valence-corrected chi connectivity index (χ4v) is 13.3. The van der Waals surface area contributed by atoms with Crippen LogP contribution in [0.2, 0.25) is 0 Å². The predicted octanol–water partition coefficient (Wildman–Crippen LogP) is -7.93. The van der Waals surface area contributed by atoms with E-state index < -0.39 is 165 Å². The Labute approximate surface area is 368 Å². The number of nitrogens with one attached hydrogen (secondary N) is 2. The molecule has 0 bridgehead atoms. The van der Waals surface area contributed by atoms with Gasteiger partial charge in [-0.1, -0.05) is 24.3 Å². The molecular weight excluding hydrogens is 983 g/mol. The van der Waals surface area contributed by atoms with Gasteiger partial charge in [-0.25, -0.2) is 26.8 Å². The van der Waals surface area contributed by atoms with Gasteiger partial charge in [-0.15, -0.1) is 0 Å². The average molecular weight is 995 g/mol. The second-order valence-electron chi connectivity index (χ2n) is 10.6. The molecule has 0 atom stereocenters. The molecule has 0 spiro atoms. The van der Waals surface area contributed by atoms with Gasteiger partial charge in [0.05, 0.1) is 11.0 Å². The van der Waals surface area contributed by atoms with Gasteiger partial charge in [-0.3, -0.25) is 27.3 Å². The van der Waals surface area contributed by atoms with Crippen molar-refractivity contribution in [1.29, 1.82) is 0 Å². The summed E-state index contributed by atoms with van der Waals surface area (Å²) in [5.41, 5.74) is -12.8. The summed E-state index contributed by atoms with van der Waals surface area (Å²) in [6, 6.07) is 2.39. The van der Waals surface area contributed by atoms with Gasteiger partial charge < -0.3 is 19.1 Å². The molecule has 2 aromatic heterocycles. The summed E-state index contributed by atoms with van der Waals surface area (Å²) in [7, 11) is -50.6. The van der Waals surface area contributed by atoms with Crippen LogP contribution in [0.15, 0.2) is 64.0 Å². The normalized spacial score (nSPS) is 13.7. The van der Waals surface area contributed by atoms with Crippen LogP contribution >= 0.6 is 0 Å². The first kappa shape index (κ1) is 50.2. The maximum Gasteiger partial charge on any atom is 1.00 e. The first-order valence-electron chi connectivity index (χ1n) is 13.0. The Kier molecular flexibility index (Phi) is 13.3. The van der Waals surface area contributed by atoms with Crippen LogP contribution in [0.3, 0.4) is 0 Å². The molecule has 0 unspecified atom stereocenters. The van der Waals surface area contributed by atoms with Gasteiger partial charge in [0.15, 0.2) is 10.1 Å². The van der Waals surface area contributed by atoms with Crippen LogP contribution in [0.5, 0.6) is 0 Å². The number of hydrogen-bond acceptors (Lipinski definition) is 20. The maximum absolute atomic E-state index is 13.0. The number of hydrogen-bond donors (Lipinski definition) is 8. The van der Waals surface area contributed by atoms with E-state index in [9.17, 15) is 104 Å². The molecule has 5 aromatic rings. The average Bonchev–Trinajstić information content (AvgIpc) is 3.61. The molecule has 0 aliphatic heterocycles. The molecule has 3 aromatic carbocycles. The molecule has 0 fully saturated rings. The zero-order valence-electron chi connectivity index (χ0n) is 27.5. The van der Waals surface area contributed by atoms with Crippen LogP contribution in [0.1, 0.15) is 0 Å². The Hall–Kier alpha value is -2.12. The van der Waals surface area contributed by atoms with E-state index in [1.54, 1.807) is 9.97 Å². The molecule has 0 saturated heterocycles. The number of rotatable bonds is 10. The van der Waals surface area contributed by atoms with Crippen molar-refractivity contribution in [3.05, 3.63) is 24.3 Å². The molecule has 0 aliphatic carbocycles. The first-order valence-corrected chi connectivity index (χ1v) is 24.4. The molecular formula is C20H12N4Na2O24S8. The van der Waals surface area contributed by atoms with Gasteiger partial charge >= 0.3 is 69.2 Å². The Balaban J connectivity index is 0.00000450. The predicted molar refractivity (Wildman–Crippen MR) is 171 cm³/mol. The Morgan fingerprint density at radius 3 is 1.03 bits per heavy atom. The van der Waals surface area contributed by atoms with Crippen molar-refractivity contribution in [3.63, 3.8) is 0 Å². The summed E-state index contributed by atoms with van der Waals surface area (Å²) in [6.45, 7) is 0. The van der Waals surface area contributed by atoms with Crippen LogP contribution in [-0.4, -0.2) is 124 Å². The minimum Gasteiger partial charge on any atom is -0.744 e. The smallest absolute Gasteiger partial charge is 0.744 e. The number of aromatic amines is 2. The SMILES string of the molecule is O=S(=O)([O-])c1nc2c(S(=O)(=O)[O-])c(S(=O)(=O)O)c(S(=O)(=O)O)c(-c3ccccc3-c3c(S(=O)(=O)O)c(S(=O)(=O)O)c(S(=O)(=O)O)c4nc(S(=O)(=O)O)[nH]c34)c2[nH]1.[Na+].[Na+]. The molecule has 0 saturated carbocycles. The largest absolute Gasteiger partial charge is 1.00 e. The molecule has 0 amide bonds. The van der Waals surface area contributed by atoms with Gasteiger partial charge in [0.1, 0.15) is 50.5 Å². The minimum absolute atomic E-state index is 0. The number of fused-ring (bicyclic) bond motifs is 2. The van der Waals surface area contributed by atoms with E-state index in [1.165, 1.54) is 0 Å². The number of H-pyrrole nitrogens is 2. The zero-order valence-corrected chi connectivity index (χ0v) is 38.0. The number of imidazole rings is 2. The molecule has 2 heterocycles. The number of nitrogens with zero attached hydrogens (tertiary/aromatic N) is 2. The fourth-order valence-electron chi connectivity index (χ4n) is 5.37. The molecule has 306 valence electrons. The van der Waals surface area contributed by atoms with Crippen LogP contribution in [0, 0.1) is 0 Å². The van der Waals surface area contributed by atoms with Crippen molar-refractivity contribution < 1.29 is 163 Å². The standard InChI is InChI=1S/C20H14N4O24S8.2Na/c25-49(26,27)13-7(9-11(23-19(21-9)55(43,44)45)15(51(31,32)33)17(13)53(37,38)39)5-3-1-2-4-6(5)8-10-12(24-20(22-10)56(46,47)48)16(52(34,35)36)18(54(40,41)42)14(8)50(28,29)30;;/h1-4H,(H,21,23)(H,22,24)(H,25,26,27)(H,28,29,30)(H,31,32,33)(H,34,35,36)(H,37,38,39)(H,40,41,42)(H,43,44,45)(H,46,47,48);;/q;2*+1/p-2. The monoisotopic (exact) mass is 994 g/mol. The second kappa shape index (κ2) is 15.3. The van der Waals surface area contributed by atoms with E-state index in [0.717, 1.165) is 12.1 Å². The van der Waals surface area contributed by atoms with E-state index in [1.807, 2.05) is 0 Å². The minimum atomic E-state index is -6.55. The number of aromatic nitrogens is 4. The second-order valence-corrected chi connectivity index (χ2v) is 21.3. The van der Waals surface area contributed by atoms with E-state index in [2.05, 4.69) is 9.97 Å². The van der Waals surface area contributed by atoms with Crippen molar-refractivity contribution in [2.75, 3.05) is 0 Å². The summed E-state index contributed by atoms with van der Waals surface area (Å²) in [6.07, 6.45) is 0. The Morgan fingerprint density at radius 2 is 0.724 bits per heavy atom. The van der Waals surface area contributed by atoms with Crippen LogP contribution in [-0.2, 0) is 80.9 Å². The molecule has 0 aliphatic rings. The molecule has 0 radical (unpaired) electrons. The van der Waals surface area contributed by atoms with Gasteiger partial charge in [-0.05, 0) is 11.1 Å². The summed E-state index contributed by atoms with van der Waals surface area (Å²) in [5.74, 6) is 0. The molecule has 58 heavy (non-hydrogen) atoms. The Bertz CT molecular complexity index is 3330. The van der Waals surface area contributed by atoms with Crippen molar-refractivity contribution in [1.82, 2.24) is 19.9 Å². The third-order valence-corrected chi connectivity index (χ3v) is 14.4. The van der Waals surface area contributed by atoms with Gasteiger partial charge in [0, 0.05) is 11.1 Å². The Morgan fingerprint density at radius 1 is 0.414 bits per heavy atom. The van der Waals surface area contributed by atoms with Crippen molar-refractivity contribution in [2.45, 2.75) is 39.7 Å². The van der Waals surface area contributed by atoms with E-state index in [4.69, 9.17) is 0 Å². The van der Waals surface area contributed by atoms with E-state index >= 15 is 0 Å². The van der Waals surface area contributed by atoms with Gasteiger partial charge in [-0.2, -0.15) is 50.5 Å². The third-order valence-electron chi connectivity index (χ3n) is 7.06. The summed E-state index contributed by atoms with van der Waals surface area (Å²) < 4.78 is 285. The molecule has 5 rings (SSSR count). The topological polar surface area (TPSA) is 498 Å². The molecule has 28 nitrogen and oxygen atoms in total. The first-order chi connectivity index (χ1) is 24.9. The third kappa shape index (κ3) is 9.07.